The number of carbonyl (C=O) groups excluding carboxylic acids is 1. The van der Waals surface area contributed by atoms with Gasteiger partial charge in [-0.15, -0.1) is 11.3 Å². The Morgan fingerprint density at radius 3 is 2.63 bits per heavy atom. The number of fused-ring (bicyclic) bond motifs is 1. The van der Waals surface area contributed by atoms with Gasteiger partial charge in [0.25, 0.3) is 5.56 Å². The average Bonchev–Trinajstić information content (AvgIpc) is 3.15. The number of nitrogens with one attached hydrogen (secondary N) is 1. The molecule has 1 amide bonds. The summed E-state index contributed by atoms with van der Waals surface area (Å²) in [6.45, 7) is 8.12. The van der Waals surface area contributed by atoms with Crippen molar-refractivity contribution in [2.45, 2.75) is 20.4 Å². The lowest BCUT2D eigenvalue weighted by Crippen LogP contribution is -2.48. The first-order valence-corrected chi connectivity index (χ1v) is 11.1. The predicted octanol–water partition coefficient (Wildman–Crippen LogP) is 2.78. The van der Waals surface area contributed by atoms with E-state index < -0.39 is 0 Å². The van der Waals surface area contributed by atoms with Crippen molar-refractivity contribution in [3.05, 3.63) is 62.0 Å². The maximum absolute atomic E-state index is 12.5. The lowest BCUT2D eigenvalue weighted by molar-refractivity contribution is -0.117. The first-order valence-electron chi connectivity index (χ1n) is 9.86. The summed E-state index contributed by atoms with van der Waals surface area (Å²) in [4.78, 5) is 34.3. The van der Waals surface area contributed by atoms with E-state index in [1.807, 2.05) is 31.4 Å². The van der Waals surface area contributed by atoms with Gasteiger partial charge >= 0.3 is 0 Å². The zero-order chi connectivity index (χ0) is 21.3. The third kappa shape index (κ3) is 4.73. The predicted molar refractivity (Wildman–Crippen MR) is 121 cm³/mol. The Kier molecular flexibility index (Phi) is 6.19. The van der Waals surface area contributed by atoms with Crippen molar-refractivity contribution >= 4 is 39.5 Å². The number of amides is 1. The number of hydrogen-bond donors (Lipinski definition) is 1. The molecule has 1 saturated heterocycles. The molecule has 7 nitrogen and oxygen atoms in total. The van der Waals surface area contributed by atoms with Crippen molar-refractivity contribution in [1.29, 1.82) is 0 Å². The van der Waals surface area contributed by atoms with Crippen LogP contribution in [0.3, 0.4) is 0 Å². The van der Waals surface area contributed by atoms with Gasteiger partial charge in [-0.05, 0) is 31.0 Å². The van der Waals surface area contributed by atoms with Crippen LogP contribution < -0.4 is 10.9 Å². The number of nitrogens with zero attached hydrogens (tertiary/aromatic N) is 4. The number of carbonyl (C=O) groups is 1. The molecule has 0 unspecified atom stereocenters. The number of aryl methyl sites for hydroxylation is 2. The Morgan fingerprint density at radius 1 is 1.17 bits per heavy atom. The number of halogens is 1. The van der Waals surface area contributed by atoms with E-state index in [4.69, 9.17) is 11.6 Å². The molecule has 0 atom stereocenters. The van der Waals surface area contributed by atoms with Crippen molar-refractivity contribution in [1.82, 2.24) is 19.2 Å². The Labute approximate surface area is 183 Å². The molecule has 1 aliphatic rings. The van der Waals surface area contributed by atoms with Gasteiger partial charge in [0.1, 0.15) is 0 Å². The lowest BCUT2D eigenvalue weighted by atomic mass is 10.1. The zero-order valence-electron chi connectivity index (χ0n) is 17.0. The summed E-state index contributed by atoms with van der Waals surface area (Å²) in [5.74, 6) is -0.0601. The van der Waals surface area contributed by atoms with Gasteiger partial charge in [-0.1, -0.05) is 17.7 Å². The highest BCUT2D eigenvalue weighted by atomic mass is 35.5. The molecule has 4 rings (SSSR count). The minimum Gasteiger partial charge on any atom is -0.323 e. The minimum atomic E-state index is -0.0601. The van der Waals surface area contributed by atoms with E-state index >= 15 is 0 Å². The maximum Gasteiger partial charge on any atom is 0.258 e. The van der Waals surface area contributed by atoms with Crippen LogP contribution in [0.2, 0.25) is 5.02 Å². The highest BCUT2D eigenvalue weighted by Gasteiger charge is 2.20. The maximum atomic E-state index is 12.5. The van der Waals surface area contributed by atoms with Gasteiger partial charge < -0.3 is 5.32 Å². The number of aromatic nitrogens is 2. The Bertz CT molecular complexity index is 1110. The second-order valence-electron chi connectivity index (χ2n) is 7.68. The lowest BCUT2D eigenvalue weighted by Gasteiger charge is -2.34. The molecule has 0 spiro atoms. The highest BCUT2D eigenvalue weighted by Crippen LogP contribution is 2.27. The van der Waals surface area contributed by atoms with Crippen molar-refractivity contribution in [2.24, 2.45) is 0 Å². The number of benzene rings is 1. The molecular weight excluding hydrogens is 422 g/mol. The smallest absolute Gasteiger partial charge is 0.258 e. The normalized spacial score (nSPS) is 15.6. The summed E-state index contributed by atoms with van der Waals surface area (Å²) in [5, 5.41) is 5.38. The van der Waals surface area contributed by atoms with Crippen molar-refractivity contribution in [3.63, 3.8) is 0 Å². The molecule has 1 aromatic carbocycles. The first kappa shape index (κ1) is 21.0. The molecular formula is C21H24ClN5O2S. The van der Waals surface area contributed by atoms with Crippen molar-refractivity contribution < 1.29 is 4.79 Å². The fourth-order valence-corrected chi connectivity index (χ4v) is 4.87. The molecule has 1 N–H and O–H groups in total. The van der Waals surface area contributed by atoms with Crippen LogP contribution in [-0.2, 0) is 11.3 Å². The molecule has 2 aromatic heterocycles. The SMILES string of the molecule is Cc1cc(C)c(NC(=O)CN2CCN(Cc3cc(=O)n4ccsc4n3)CC2)c(Cl)c1. The summed E-state index contributed by atoms with van der Waals surface area (Å²) in [6, 6.07) is 5.47. The van der Waals surface area contributed by atoms with Gasteiger partial charge in [-0.3, -0.25) is 23.8 Å². The topological polar surface area (TPSA) is 70.0 Å². The number of anilines is 1. The average molecular weight is 446 g/mol. The van der Waals surface area contributed by atoms with Crippen LogP contribution >= 0.6 is 22.9 Å². The van der Waals surface area contributed by atoms with E-state index in [0.717, 1.165) is 48.0 Å². The molecule has 0 aliphatic carbocycles. The molecule has 0 bridgehead atoms. The van der Waals surface area contributed by atoms with Crippen molar-refractivity contribution in [2.75, 3.05) is 38.0 Å². The van der Waals surface area contributed by atoms with Gasteiger partial charge in [-0.2, -0.15) is 0 Å². The Morgan fingerprint density at radius 2 is 1.90 bits per heavy atom. The van der Waals surface area contributed by atoms with Gasteiger partial charge in [0.2, 0.25) is 5.91 Å². The van der Waals surface area contributed by atoms with Gasteiger partial charge in [0.05, 0.1) is 22.9 Å². The van der Waals surface area contributed by atoms with E-state index in [9.17, 15) is 9.59 Å². The summed E-state index contributed by atoms with van der Waals surface area (Å²) in [7, 11) is 0. The van der Waals surface area contributed by atoms with E-state index in [1.165, 1.54) is 11.3 Å². The molecule has 3 heterocycles. The summed E-state index contributed by atoms with van der Waals surface area (Å²) >= 11 is 7.75. The third-order valence-electron chi connectivity index (χ3n) is 5.27. The van der Waals surface area contributed by atoms with Crippen LogP contribution in [-0.4, -0.2) is 57.8 Å². The van der Waals surface area contributed by atoms with Crippen LogP contribution in [0.25, 0.3) is 4.96 Å². The standard InChI is InChI=1S/C21H24ClN5O2S/c1-14-9-15(2)20(17(22)10-14)24-18(28)13-26-5-3-25(4-6-26)12-16-11-19(29)27-7-8-30-21(27)23-16/h7-11H,3-6,12-13H2,1-2H3,(H,24,28). The van der Waals surface area contributed by atoms with Crippen LogP contribution in [0, 0.1) is 13.8 Å². The van der Waals surface area contributed by atoms with Crippen LogP contribution in [0.5, 0.6) is 0 Å². The second-order valence-corrected chi connectivity index (χ2v) is 8.96. The Hall–Kier alpha value is -2.26. The second kappa shape index (κ2) is 8.85. The molecule has 1 aliphatic heterocycles. The van der Waals surface area contributed by atoms with Gasteiger partial charge in [-0.25, -0.2) is 4.98 Å². The number of hydrogen-bond acceptors (Lipinski definition) is 6. The first-order chi connectivity index (χ1) is 14.4. The molecule has 158 valence electrons. The third-order valence-corrected chi connectivity index (χ3v) is 6.32. The molecule has 30 heavy (non-hydrogen) atoms. The number of thiazole rings is 1. The molecule has 3 aromatic rings. The van der Waals surface area contributed by atoms with E-state index in [-0.39, 0.29) is 11.5 Å². The fraction of sp³-hybridized carbons (Fsp3) is 0.381. The number of piperazine rings is 1. The molecule has 9 heteroatoms. The van der Waals surface area contributed by atoms with Gasteiger partial charge in [0.15, 0.2) is 4.96 Å². The Balaban J connectivity index is 1.30. The quantitative estimate of drug-likeness (QED) is 0.654. The van der Waals surface area contributed by atoms with Crippen LogP contribution in [0.1, 0.15) is 16.8 Å². The fourth-order valence-electron chi connectivity index (χ4n) is 3.76. The van der Waals surface area contributed by atoms with Crippen LogP contribution in [0.15, 0.2) is 34.6 Å². The molecule has 0 saturated carbocycles. The van der Waals surface area contributed by atoms with E-state index in [0.29, 0.717) is 23.8 Å². The van der Waals surface area contributed by atoms with E-state index in [2.05, 4.69) is 20.1 Å². The van der Waals surface area contributed by atoms with E-state index in [1.54, 1.807) is 16.7 Å². The summed E-state index contributed by atoms with van der Waals surface area (Å²) in [6.07, 6.45) is 1.74. The van der Waals surface area contributed by atoms with Gasteiger partial charge in [0, 0.05) is 50.4 Å². The number of rotatable bonds is 5. The monoisotopic (exact) mass is 445 g/mol. The highest BCUT2D eigenvalue weighted by molar-refractivity contribution is 7.15. The van der Waals surface area contributed by atoms with Crippen molar-refractivity contribution in [3.8, 4) is 0 Å². The minimum absolute atomic E-state index is 0.0448. The summed E-state index contributed by atoms with van der Waals surface area (Å²) in [5.41, 5.74) is 3.47. The molecule has 1 fully saturated rings. The summed E-state index contributed by atoms with van der Waals surface area (Å²) < 4.78 is 1.56. The zero-order valence-corrected chi connectivity index (χ0v) is 18.6. The molecule has 0 radical (unpaired) electrons. The largest absolute Gasteiger partial charge is 0.323 e. The van der Waals surface area contributed by atoms with Crippen LogP contribution in [0.4, 0.5) is 5.69 Å².